The number of ether oxygens (including phenoxy) is 2. The first-order chi connectivity index (χ1) is 13.0. The van der Waals surface area contributed by atoms with Gasteiger partial charge in [0.1, 0.15) is 0 Å². The monoisotopic (exact) mass is 397 g/mol. The van der Waals surface area contributed by atoms with Crippen LogP contribution in [-0.4, -0.2) is 60.7 Å². The Labute approximate surface area is 162 Å². The predicted molar refractivity (Wildman–Crippen MR) is 107 cm³/mol. The molecule has 0 atom stereocenters. The molecule has 1 aliphatic heterocycles. The highest BCUT2D eigenvalue weighted by Crippen LogP contribution is 2.14. The third-order valence-corrected chi connectivity index (χ3v) is 5.62. The maximum Gasteiger partial charge on any atom is 0.191 e. The molecule has 7 nitrogen and oxygen atoms in total. The Kier molecular flexibility index (Phi) is 9.03. The number of aliphatic imine (C=N–C) groups is 1. The van der Waals surface area contributed by atoms with Crippen LogP contribution in [0.3, 0.4) is 0 Å². The van der Waals surface area contributed by atoms with E-state index in [-0.39, 0.29) is 0 Å². The SMILES string of the molecule is CN=C(NCCCOCC1CCOCC1)NCc1ccc(S(C)(=O)=O)cc1. The summed E-state index contributed by atoms with van der Waals surface area (Å²) in [5, 5.41) is 6.48. The van der Waals surface area contributed by atoms with Crippen molar-refractivity contribution in [2.45, 2.75) is 30.7 Å². The molecule has 2 rings (SSSR count). The van der Waals surface area contributed by atoms with Crippen LogP contribution < -0.4 is 10.6 Å². The van der Waals surface area contributed by atoms with Crippen molar-refractivity contribution in [1.82, 2.24) is 10.6 Å². The summed E-state index contributed by atoms with van der Waals surface area (Å²) < 4.78 is 34.1. The molecule has 1 aliphatic rings. The minimum atomic E-state index is -3.16. The van der Waals surface area contributed by atoms with Crippen LogP contribution in [0.5, 0.6) is 0 Å². The molecule has 0 bridgehead atoms. The molecule has 1 aromatic carbocycles. The maximum atomic E-state index is 11.5. The van der Waals surface area contributed by atoms with Gasteiger partial charge in [0.15, 0.2) is 15.8 Å². The lowest BCUT2D eigenvalue weighted by atomic mass is 10.0. The first kappa shape index (κ1) is 21.7. The van der Waals surface area contributed by atoms with Gasteiger partial charge in [0.2, 0.25) is 0 Å². The van der Waals surface area contributed by atoms with Crippen molar-refractivity contribution in [2.24, 2.45) is 10.9 Å². The highest BCUT2D eigenvalue weighted by Gasteiger charge is 2.13. The van der Waals surface area contributed by atoms with Gasteiger partial charge in [-0.25, -0.2) is 8.42 Å². The van der Waals surface area contributed by atoms with E-state index in [2.05, 4.69) is 15.6 Å². The number of hydrogen-bond donors (Lipinski definition) is 2. The van der Waals surface area contributed by atoms with Crippen molar-refractivity contribution in [3.05, 3.63) is 29.8 Å². The molecule has 0 saturated carbocycles. The van der Waals surface area contributed by atoms with Gasteiger partial charge in [0.05, 0.1) is 4.90 Å². The zero-order valence-corrected chi connectivity index (χ0v) is 17.1. The van der Waals surface area contributed by atoms with Gasteiger partial charge in [-0.15, -0.1) is 0 Å². The Morgan fingerprint density at radius 2 is 1.93 bits per heavy atom. The Morgan fingerprint density at radius 1 is 1.22 bits per heavy atom. The standard InChI is InChI=1S/C19H31N3O4S/c1-20-19(21-10-3-11-26-15-17-8-12-25-13-9-17)22-14-16-4-6-18(7-5-16)27(2,23)24/h4-7,17H,3,8-15H2,1-2H3,(H2,20,21,22). The van der Waals surface area contributed by atoms with Gasteiger partial charge in [-0.1, -0.05) is 12.1 Å². The average molecular weight is 398 g/mol. The van der Waals surface area contributed by atoms with E-state index in [1.807, 2.05) is 0 Å². The van der Waals surface area contributed by atoms with Crippen LogP contribution in [0.25, 0.3) is 0 Å². The second-order valence-corrected chi connectivity index (χ2v) is 8.77. The number of guanidine groups is 1. The van der Waals surface area contributed by atoms with Crippen LogP contribution in [0, 0.1) is 5.92 Å². The normalized spacial score (nSPS) is 16.3. The summed E-state index contributed by atoms with van der Waals surface area (Å²) in [7, 11) is -1.43. The van der Waals surface area contributed by atoms with E-state index >= 15 is 0 Å². The lowest BCUT2D eigenvalue weighted by molar-refractivity contribution is 0.0203. The molecule has 1 saturated heterocycles. The average Bonchev–Trinajstić information content (AvgIpc) is 2.67. The fourth-order valence-electron chi connectivity index (χ4n) is 2.80. The summed E-state index contributed by atoms with van der Waals surface area (Å²) in [5.74, 6) is 1.35. The highest BCUT2D eigenvalue weighted by molar-refractivity contribution is 7.90. The summed E-state index contributed by atoms with van der Waals surface area (Å²) in [6.07, 6.45) is 4.31. The molecule has 152 valence electrons. The molecule has 1 fully saturated rings. The highest BCUT2D eigenvalue weighted by atomic mass is 32.2. The topological polar surface area (TPSA) is 89.0 Å². The van der Waals surface area contributed by atoms with Crippen LogP contribution in [0.1, 0.15) is 24.8 Å². The Bertz CT molecular complexity index is 683. The number of hydrogen-bond acceptors (Lipinski definition) is 5. The molecule has 0 spiro atoms. The molecule has 8 heteroatoms. The van der Waals surface area contributed by atoms with Crippen molar-refractivity contribution in [2.75, 3.05) is 46.3 Å². The van der Waals surface area contributed by atoms with Crippen molar-refractivity contribution in [3.63, 3.8) is 0 Å². The summed E-state index contributed by atoms with van der Waals surface area (Å²) in [4.78, 5) is 4.52. The van der Waals surface area contributed by atoms with Crippen LogP contribution >= 0.6 is 0 Å². The maximum absolute atomic E-state index is 11.5. The van der Waals surface area contributed by atoms with Crippen molar-refractivity contribution >= 4 is 15.8 Å². The minimum Gasteiger partial charge on any atom is -0.381 e. The van der Waals surface area contributed by atoms with E-state index in [0.29, 0.717) is 23.3 Å². The van der Waals surface area contributed by atoms with Gasteiger partial charge in [-0.2, -0.15) is 0 Å². The largest absolute Gasteiger partial charge is 0.381 e. The lowest BCUT2D eigenvalue weighted by Gasteiger charge is -2.21. The van der Waals surface area contributed by atoms with Crippen molar-refractivity contribution in [3.8, 4) is 0 Å². The van der Waals surface area contributed by atoms with Crippen molar-refractivity contribution < 1.29 is 17.9 Å². The summed E-state index contributed by atoms with van der Waals surface area (Å²) in [6, 6.07) is 6.86. The van der Waals surface area contributed by atoms with Crippen molar-refractivity contribution in [1.29, 1.82) is 0 Å². The van der Waals surface area contributed by atoms with E-state index < -0.39 is 9.84 Å². The molecule has 0 radical (unpaired) electrons. The van der Waals surface area contributed by atoms with E-state index in [1.165, 1.54) is 6.26 Å². The first-order valence-electron chi connectivity index (χ1n) is 9.38. The zero-order chi connectivity index (χ0) is 19.5. The van der Waals surface area contributed by atoms with E-state index in [4.69, 9.17) is 9.47 Å². The Balaban J connectivity index is 1.60. The number of nitrogens with zero attached hydrogens (tertiary/aromatic N) is 1. The van der Waals surface area contributed by atoms with Crippen LogP contribution in [0.15, 0.2) is 34.2 Å². The van der Waals surface area contributed by atoms with Crippen LogP contribution in [0.2, 0.25) is 0 Å². The quantitative estimate of drug-likeness (QED) is 0.374. The third-order valence-electron chi connectivity index (χ3n) is 4.49. The number of sulfone groups is 1. The van der Waals surface area contributed by atoms with E-state index in [1.54, 1.807) is 31.3 Å². The van der Waals surface area contributed by atoms with Gasteiger partial charge in [0.25, 0.3) is 0 Å². The summed E-state index contributed by atoms with van der Waals surface area (Å²) >= 11 is 0. The van der Waals surface area contributed by atoms with Crippen LogP contribution in [0.4, 0.5) is 0 Å². The smallest absolute Gasteiger partial charge is 0.191 e. The molecule has 1 aromatic rings. The molecule has 0 unspecified atom stereocenters. The number of nitrogens with one attached hydrogen (secondary N) is 2. The molecule has 27 heavy (non-hydrogen) atoms. The van der Waals surface area contributed by atoms with Gasteiger partial charge in [-0.05, 0) is 42.9 Å². The predicted octanol–water partition coefficient (Wildman–Crippen LogP) is 1.59. The van der Waals surface area contributed by atoms with Gasteiger partial charge < -0.3 is 20.1 Å². The summed E-state index contributed by atoms with van der Waals surface area (Å²) in [5.41, 5.74) is 0.991. The lowest BCUT2D eigenvalue weighted by Crippen LogP contribution is -2.37. The molecular weight excluding hydrogens is 366 g/mol. The van der Waals surface area contributed by atoms with E-state index in [9.17, 15) is 8.42 Å². The van der Waals surface area contributed by atoms with Gasteiger partial charge in [-0.3, -0.25) is 4.99 Å². The van der Waals surface area contributed by atoms with E-state index in [0.717, 1.165) is 57.8 Å². The van der Waals surface area contributed by atoms with Gasteiger partial charge >= 0.3 is 0 Å². The second kappa shape index (κ2) is 11.3. The molecule has 2 N–H and O–H groups in total. The molecule has 0 aliphatic carbocycles. The first-order valence-corrected chi connectivity index (χ1v) is 11.3. The molecule has 0 aromatic heterocycles. The Hall–Kier alpha value is -1.64. The van der Waals surface area contributed by atoms with Gasteiger partial charge in [0, 0.05) is 52.8 Å². The Morgan fingerprint density at radius 3 is 2.56 bits per heavy atom. The van der Waals surface area contributed by atoms with Crippen LogP contribution in [-0.2, 0) is 25.9 Å². The third kappa shape index (κ3) is 8.28. The molecule has 1 heterocycles. The summed E-state index contributed by atoms with van der Waals surface area (Å²) in [6.45, 7) is 4.61. The number of rotatable bonds is 9. The molecule has 0 amide bonds. The fraction of sp³-hybridized carbons (Fsp3) is 0.632. The second-order valence-electron chi connectivity index (χ2n) is 6.75. The number of benzene rings is 1. The molecular formula is C19H31N3O4S. The fourth-order valence-corrected chi connectivity index (χ4v) is 3.44. The minimum absolute atomic E-state index is 0.328. The zero-order valence-electron chi connectivity index (χ0n) is 16.2.